The zero-order valence-electron chi connectivity index (χ0n) is 14.1. The fourth-order valence-corrected chi connectivity index (χ4v) is 3.96. The molecule has 0 radical (unpaired) electrons. The van der Waals surface area contributed by atoms with E-state index in [0.29, 0.717) is 5.92 Å². The summed E-state index contributed by atoms with van der Waals surface area (Å²) in [6, 6.07) is 3.40. The van der Waals surface area contributed by atoms with Gasteiger partial charge in [-0.25, -0.2) is 4.98 Å². The van der Waals surface area contributed by atoms with E-state index < -0.39 is 14.3 Å². The summed E-state index contributed by atoms with van der Waals surface area (Å²) in [6.07, 6.45) is 1.09. The normalized spacial score (nSPS) is 19.8. The van der Waals surface area contributed by atoms with E-state index >= 15 is 0 Å². The highest BCUT2D eigenvalue weighted by atomic mass is 127. The van der Waals surface area contributed by atoms with Gasteiger partial charge in [-0.15, -0.1) is 0 Å². The number of rotatable bonds is 4. The fraction of sp³-hybridized carbons (Fsp3) is 0.688. The van der Waals surface area contributed by atoms with Crippen molar-refractivity contribution in [2.24, 2.45) is 5.92 Å². The zero-order chi connectivity index (χ0) is 16.5. The number of nitrogens with zero attached hydrogens (tertiary/aromatic N) is 2. The Labute approximate surface area is 147 Å². The molecule has 0 aromatic carbocycles. The molecule has 1 aromatic heterocycles. The van der Waals surface area contributed by atoms with Crippen molar-refractivity contribution < 1.29 is 8.82 Å². The molecule has 0 spiro atoms. The molecule has 124 valence electrons. The van der Waals surface area contributed by atoms with Crippen LogP contribution in [0.2, 0.25) is 18.1 Å². The van der Waals surface area contributed by atoms with Gasteiger partial charge < -0.3 is 9.33 Å². The average molecular weight is 436 g/mol. The molecule has 6 heteroatoms. The first-order valence-corrected chi connectivity index (χ1v) is 11.8. The van der Waals surface area contributed by atoms with Crippen molar-refractivity contribution in [2.75, 3.05) is 24.6 Å². The fourth-order valence-electron chi connectivity index (χ4n) is 2.33. The summed E-state index contributed by atoms with van der Waals surface area (Å²) in [7, 11) is -1.69. The molecule has 22 heavy (non-hydrogen) atoms. The largest absolute Gasteiger partial charge is 0.416 e. The number of hydrogen-bond acceptors (Lipinski definition) is 3. The van der Waals surface area contributed by atoms with Crippen LogP contribution in [-0.2, 0) is 4.43 Å². The molecule has 1 saturated heterocycles. The van der Waals surface area contributed by atoms with E-state index in [1.807, 2.05) is 6.07 Å². The lowest BCUT2D eigenvalue weighted by atomic mass is 10.1. The van der Waals surface area contributed by atoms with Gasteiger partial charge in [-0.05, 0) is 53.2 Å². The number of aromatic nitrogens is 1. The van der Waals surface area contributed by atoms with Gasteiger partial charge in [0, 0.05) is 35.3 Å². The molecule has 1 atom stereocenters. The number of pyridine rings is 1. The molecule has 0 aliphatic carbocycles. The van der Waals surface area contributed by atoms with Crippen LogP contribution in [0.5, 0.6) is 0 Å². The Morgan fingerprint density at radius 3 is 2.68 bits per heavy atom. The highest BCUT2D eigenvalue weighted by Crippen LogP contribution is 2.37. The van der Waals surface area contributed by atoms with Crippen molar-refractivity contribution in [3.05, 3.63) is 21.7 Å². The van der Waals surface area contributed by atoms with Gasteiger partial charge in [-0.1, -0.05) is 20.8 Å². The molecule has 1 aliphatic rings. The Hall–Kier alpha value is -0.213. The van der Waals surface area contributed by atoms with Crippen LogP contribution in [-0.4, -0.2) is 33.0 Å². The van der Waals surface area contributed by atoms with Crippen molar-refractivity contribution in [2.45, 2.75) is 45.3 Å². The van der Waals surface area contributed by atoms with E-state index in [2.05, 4.69) is 66.3 Å². The van der Waals surface area contributed by atoms with Crippen LogP contribution in [0.25, 0.3) is 0 Å². The predicted molar refractivity (Wildman–Crippen MR) is 100 cm³/mol. The summed E-state index contributed by atoms with van der Waals surface area (Å²) in [5.74, 6) is 0.860. The second-order valence-corrected chi connectivity index (χ2v) is 13.7. The second kappa shape index (κ2) is 6.73. The van der Waals surface area contributed by atoms with Crippen molar-refractivity contribution in [3.8, 4) is 0 Å². The van der Waals surface area contributed by atoms with E-state index in [9.17, 15) is 4.39 Å². The maximum atomic E-state index is 13.5. The van der Waals surface area contributed by atoms with Crippen LogP contribution < -0.4 is 4.90 Å². The lowest BCUT2D eigenvalue weighted by molar-refractivity contribution is 0.238. The number of halogens is 2. The van der Waals surface area contributed by atoms with Crippen LogP contribution >= 0.6 is 22.6 Å². The average Bonchev–Trinajstić information content (AvgIpc) is 2.82. The summed E-state index contributed by atoms with van der Waals surface area (Å²) >= 11 is 2.13. The molecular weight excluding hydrogens is 410 g/mol. The minimum absolute atomic E-state index is 0.242. The van der Waals surface area contributed by atoms with Gasteiger partial charge in [0.1, 0.15) is 5.82 Å². The van der Waals surface area contributed by atoms with Gasteiger partial charge in [-0.2, -0.15) is 4.39 Å². The lowest BCUT2D eigenvalue weighted by Crippen LogP contribution is -2.42. The van der Waals surface area contributed by atoms with Gasteiger partial charge >= 0.3 is 0 Å². The van der Waals surface area contributed by atoms with E-state index in [-0.39, 0.29) is 5.04 Å². The van der Waals surface area contributed by atoms with Gasteiger partial charge in [0.05, 0.1) is 0 Å². The molecule has 1 unspecified atom stereocenters. The molecule has 3 nitrogen and oxygen atoms in total. The predicted octanol–water partition coefficient (Wildman–Crippen LogP) is 4.67. The Morgan fingerprint density at radius 1 is 1.41 bits per heavy atom. The Bertz CT molecular complexity index is 513. The van der Waals surface area contributed by atoms with Gasteiger partial charge in [0.25, 0.3) is 0 Å². The molecule has 1 aliphatic heterocycles. The molecule has 2 heterocycles. The SMILES string of the molecule is CC(C)(C)[Si](C)(C)OCC1CCN(c2cc(I)cc(F)n2)C1. The first kappa shape index (κ1) is 18.1. The summed E-state index contributed by atoms with van der Waals surface area (Å²) in [6.45, 7) is 14.0. The van der Waals surface area contributed by atoms with Crippen LogP contribution in [0.15, 0.2) is 12.1 Å². The highest BCUT2D eigenvalue weighted by molar-refractivity contribution is 14.1. The quantitative estimate of drug-likeness (QED) is 0.390. The van der Waals surface area contributed by atoms with Gasteiger partial charge in [0.15, 0.2) is 8.32 Å². The molecule has 0 saturated carbocycles. The zero-order valence-corrected chi connectivity index (χ0v) is 17.3. The minimum atomic E-state index is -1.69. The maximum Gasteiger partial charge on any atom is 0.215 e. The first-order chi connectivity index (χ1) is 10.1. The standard InChI is InChI=1S/C16H26FIN2OSi/c1-16(2,3)22(4,5)21-11-12-6-7-20(10-12)15-9-13(18)8-14(17)19-15/h8-9,12H,6-7,10-11H2,1-5H3. The summed E-state index contributed by atoms with van der Waals surface area (Å²) < 4.78 is 20.7. The summed E-state index contributed by atoms with van der Waals surface area (Å²) in [4.78, 5) is 6.19. The number of hydrogen-bond donors (Lipinski definition) is 0. The first-order valence-electron chi connectivity index (χ1n) is 7.80. The third kappa shape index (κ3) is 4.41. The second-order valence-electron chi connectivity index (χ2n) is 7.64. The minimum Gasteiger partial charge on any atom is -0.416 e. The topological polar surface area (TPSA) is 25.4 Å². The smallest absolute Gasteiger partial charge is 0.215 e. The molecule has 0 N–H and O–H groups in total. The van der Waals surface area contributed by atoms with Crippen LogP contribution in [0.3, 0.4) is 0 Å². The third-order valence-electron chi connectivity index (χ3n) is 4.84. The molecule has 0 bridgehead atoms. The Kier molecular flexibility index (Phi) is 5.54. The van der Waals surface area contributed by atoms with Gasteiger partial charge in [-0.3, -0.25) is 0 Å². The van der Waals surface area contributed by atoms with Crippen molar-refractivity contribution >= 4 is 36.7 Å². The Morgan fingerprint density at radius 2 is 2.09 bits per heavy atom. The van der Waals surface area contributed by atoms with Crippen LogP contribution in [0.4, 0.5) is 10.2 Å². The molecule has 2 rings (SSSR count). The van der Waals surface area contributed by atoms with E-state index in [1.54, 1.807) is 0 Å². The summed E-state index contributed by atoms with van der Waals surface area (Å²) in [5, 5.41) is 0.242. The summed E-state index contributed by atoms with van der Waals surface area (Å²) in [5.41, 5.74) is 0. The maximum absolute atomic E-state index is 13.5. The van der Waals surface area contributed by atoms with Gasteiger partial charge in [0.2, 0.25) is 5.95 Å². The van der Waals surface area contributed by atoms with Crippen molar-refractivity contribution in [3.63, 3.8) is 0 Å². The van der Waals surface area contributed by atoms with E-state index in [4.69, 9.17) is 4.43 Å². The monoisotopic (exact) mass is 436 g/mol. The van der Waals surface area contributed by atoms with Crippen LogP contribution in [0.1, 0.15) is 27.2 Å². The lowest BCUT2D eigenvalue weighted by Gasteiger charge is -2.37. The molecule has 1 fully saturated rings. The van der Waals surface area contributed by atoms with E-state index in [0.717, 1.165) is 35.5 Å². The van der Waals surface area contributed by atoms with E-state index in [1.165, 1.54) is 6.07 Å². The number of anilines is 1. The molecular formula is C16H26FIN2OSi. The van der Waals surface area contributed by atoms with Crippen molar-refractivity contribution in [1.82, 2.24) is 4.98 Å². The Balaban J connectivity index is 1.93. The molecule has 0 amide bonds. The molecule has 1 aromatic rings. The third-order valence-corrected chi connectivity index (χ3v) is 9.96. The van der Waals surface area contributed by atoms with Crippen LogP contribution in [0, 0.1) is 15.4 Å². The van der Waals surface area contributed by atoms with Crippen molar-refractivity contribution in [1.29, 1.82) is 0 Å². The highest BCUT2D eigenvalue weighted by Gasteiger charge is 2.38.